The first-order valence-corrected chi connectivity index (χ1v) is 22.4. The standard InChI is InChI=1S/C41H61ClN2O2SSi/c1-14-41(15-2,33-20-21-34(29(5)24-33)35-25-31(38(42)44-43-35)26-37(45)46-16-3)32-19-17-30(28(4)23-32)18-22-36(39(6,7)8)47-27-48(12,13)40(9,10)11/h17,19-21,23-25,36H,14-16,18,22,26-27H2,1-13H3. The lowest BCUT2D eigenvalue weighted by molar-refractivity contribution is -0.142. The van der Waals surface area contributed by atoms with E-state index < -0.39 is 8.07 Å². The van der Waals surface area contributed by atoms with Gasteiger partial charge in [-0.25, -0.2) is 0 Å². The van der Waals surface area contributed by atoms with Crippen molar-refractivity contribution in [2.75, 3.05) is 12.0 Å². The Morgan fingerprint density at radius 1 is 0.875 bits per heavy atom. The molecule has 3 aromatic rings. The molecular formula is C41H61ClN2O2SSi. The average molecular weight is 710 g/mol. The van der Waals surface area contributed by atoms with E-state index in [-0.39, 0.29) is 28.4 Å². The number of thioether (sulfide) groups is 1. The van der Waals surface area contributed by atoms with Crippen LogP contribution in [0, 0.1) is 19.3 Å². The largest absolute Gasteiger partial charge is 0.466 e. The van der Waals surface area contributed by atoms with Gasteiger partial charge in [-0.2, -0.15) is 11.8 Å². The van der Waals surface area contributed by atoms with Gasteiger partial charge in [-0.05, 0) is 96.2 Å². The molecule has 0 aliphatic rings. The van der Waals surface area contributed by atoms with Crippen molar-refractivity contribution in [1.29, 1.82) is 0 Å². The maximum atomic E-state index is 12.1. The molecule has 0 radical (unpaired) electrons. The number of carbonyl (C=O) groups excluding carboxylic acids is 1. The highest BCUT2D eigenvalue weighted by Crippen LogP contribution is 2.43. The number of benzene rings is 2. The van der Waals surface area contributed by atoms with E-state index in [1.54, 1.807) is 6.92 Å². The normalized spacial score (nSPS) is 13.5. The van der Waals surface area contributed by atoms with E-state index in [0.29, 0.717) is 28.2 Å². The molecule has 2 aromatic carbocycles. The summed E-state index contributed by atoms with van der Waals surface area (Å²) in [6, 6.07) is 15.8. The van der Waals surface area contributed by atoms with Gasteiger partial charge in [0.15, 0.2) is 5.15 Å². The van der Waals surface area contributed by atoms with E-state index in [9.17, 15) is 4.79 Å². The summed E-state index contributed by atoms with van der Waals surface area (Å²) in [4.78, 5) is 12.1. The summed E-state index contributed by atoms with van der Waals surface area (Å²) in [6.07, 6.45) is 4.38. The minimum absolute atomic E-state index is 0.0725. The molecular weight excluding hydrogens is 648 g/mol. The molecule has 0 bridgehead atoms. The fraction of sp³-hybridized carbons (Fsp3) is 0.585. The van der Waals surface area contributed by atoms with Crippen LogP contribution in [-0.2, 0) is 27.8 Å². The highest BCUT2D eigenvalue weighted by Gasteiger charge is 2.37. The third kappa shape index (κ3) is 9.54. The summed E-state index contributed by atoms with van der Waals surface area (Å²) in [5.74, 6) is -0.322. The average Bonchev–Trinajstić information content (AvgIpc) is 2.99. The number of esters is 1. The molecule has 1 atom stereocenters. The summed E-state index contributed by atoms with van der Waals surface area (Å²) in [6.45, 7) is 30.8. The Morgan fingerprint density at radius 2 is 1.48 bits per heavy atom. The van der Waals surface area contributed by atoms with E-state index in [4.69, 9.17) is 16.3 Å². The zero-order chi connectivity index (χ0) is 36.1. The number of aryl methyl sites for hydroxylation is 3. The summed E-state index contributed by atoms with van der Waals surface area (Å²) in [5.41, 5.74) is 9.15. The van der Waals surface area contributed by atoms with Crippen LogP contribution >= 0.6 is 23.4 Å². The molecule has 0 spiro atoms. The maximum absolute atomic E-state index is 12.1. The van der Waals surface area contributed by atoms with Gasteiger partial charge in [0.25, 0.3) is 0 Å². The van der Waals surface area contributed by atoms with Gasteiger partial charge >= 0.3 is 5.97 Å². The second-order valence-electron chi connectivity index (χ2n) is 16.3. The second-order valence-corrected chi connectivity index (χ2v) is 24.0. The van der Waals surface area contributed by atoms with Crippen LogP contribution < -0.4 is 0 Å². The van der Waals surface area contributed by atoms with Crippen LogP contribution in [0.1, 0.15) is 115 Å². The number of ether oxygens (including phenoxy) is 1. The summed E-state index contributed by atoms with van der Waals surface area (Å²) < 4.78 is 5.13. The molecule has 4 nitrogen and oxygen atoms in total. The zero-order valence-electron chi connectivity index (χ0n) is 32.1. The number of aromatic nitrogens is 2. The molecule has 0 aliphatic carbocycles. The van der Waals surface area contributed by atoms with Crippen molar-refractivity contribution in [2.45, 2.75) is 137 Å². The lowest BCUT2D eigenvalue weighted by atomic mass is 9.69. The van der Waals surface area contributed by atoms with Crippen LogP contribution in [0.3, 0.4) is 0 Å². The summed E-state index contributed by atoms with van der Waals surface area (Å²) >= 11 is 8.53. The number of rotatable bonds is 14. The van der Waals surface area contributed by atoms with Crippen LogP contribution in [-0.4, -0.2) is 41.5 Å². The van der Waals surface area contributed by atoms with E-state index in [1.807, 2.05) is 6.07 Å². The van der Waals surface area contributed by atoms with Gasteiger partial charge in [-0.15, -0.1) is 10.2 Å². The van der Waals surface area contributed by atoms with Crippen molar-refractivity contribution in [2.24, 2.45) is 5.41 Å². The lowest BCUT2D eigenvalue weighted by Gasteiger charge is -2.39. The Morgan fingerprint density at radius 3 is 2.00 bits per heavy atom. The molecule has 0 fully saturated rings. The smallest absolute Gasteiger partial charge is 0.310 e. The van der Waals surface area contributed by atoms with E-state index >= 15 is 0 Å². The number of hydrogen-bond donors (Lipinski definition) is 0. The first-order valence-electron chi connectivity index (χ1n) is 17.8. The fourth-order valence-electron chi connectivity index (χ4n) is 6.37. The van der Waals surface area contributed by atoms with Gasteiger partial charge in [0.05, 0.1) is 26.8 Å². The minimum Gasteiger partial charge on any atom is -0.466 e. The molecule has 0 saturated carbocycles. The first kappa shape index (κ1) is 40.3. The molecule has 1 heterocycles. The van der Waals surface area contributed by atoms with Crippen molar-refractivity contribution in [3.05, 3.63) is 81.0 Å². The Hall–Kier alpha value is -2.15. The SMILES string of the molecule is CCOC(=O)Cc1cc(-c2ccc(C(CC)(CC)c3ccc(CCC(SC[Si](C)(C)C(C)(C)C)C(C)(C)C)c(C)c3)cc2C)nnc1Cl. The van der Waals surface area contributed by atoms with Gasteiger partial charge in [-0.1, -0.05) is 116 Å². The van der Waals surface area contributed by atoms with Gasteiger partial charge < -0.3 is 4.74 Å². The summed E-state index contributed by atoms with van der Waals surface area (Å²) in [7, 11) is -1.34. The molecule has 48 heavy (non-hydrogen) atoms. The third-order valence-corrected chi connectivity index (χ3v) is 20.2. The Bertz CT molecular complexity index is 1550. The molecule has 3 rings (SSSR count). The highest BCUT2D eigenvalue weighted by atomic mass is 35.5. The Kier molecular flexibility index (Phi) is 13.6. The molecule has 0 saturated heterocycles. The number of hydrogen-bond acceptors (Lipinski definition) is 5. The molecule has 0 aliphatic heterocycles. The maximum Gasteiger partial charge on any atom is 0.310 e. The lowest BCUT2D eigenvalue weighted by Crippen LogP contribution is -2.41. The molecule has 0 amide bonds. The predicted molar refractivity (Wildman–Crippen MR) is 211 cm³/mol. The number of carbonyl (C=O) groups is 1. The zero-order valence-corrected chi connectivity index (χ0v) is 34.6. The van der Waals surface area contributed by atoms with Crippen molar-refractivity contribution < 1.29 is 9.53 Å². The number of halogens is 1. The van der Waals surface area contributed by atoms with Gasteiger partial charge in [-0.3, -0.25) is 4.79 Å². The van der Waals surface area contributed by atoms with E-state index in [0.717, 1.165) is 30.4 Å². The van der Waals surface area contributed by atoms with Gasteiger partial charge in [0.2, 0.25) is 0 Å². The fourth-order valence-corrected chi connectivity index (χ4v) is 11.5. The quantitative estimate of drug-likeness (QED) is 0.123. The highest BCUT2D eigenvalue weighted by molar-refractivity contribution is 8.01. The molecule has 1 aromatic heterocycles. The van der Waals surface area contributed by atoms with E-state index in [2.05, 4.69) is 141 Å². The Balaban J connectivity index is 1.87. The van der Waals surface area contributed by atoms with Crippen LogP contribution in [0.4, 0.5) is 0 Å². The molecule has 7 heteroatoms. The molecule has 0 N–H and O–H groups in total. The second kappa shape index (κ2) is 16.2. The van der Waals surface area contributed by atoms with Crippen molar-refractivity contribution in [3.8, 4) is 11.3 Å². The third-order valence-electron chi connectivity index (χ3n) is 10.9. The first-order chi connectivity index (χ1) is 22.3. The van der Waals surface area contributed by atoms with Crippen LogP contribution in [0.5, 0.6) is 0 Å². The predicted octanol–water partition coefficient (Wildman–Crippen LogP) is 11.8. The Labute approximate surface area is 302 Å². The van der Waals surface area contributed by atoms with Crippen LogP contribution in [0.25, 0.3) is 11.3 Å². The van der Waals surface area contributed by atoms with Gasteiger partial charge in [0, 0.05) is 21.8 Å². The van der Waals surface area contributed by atoms with Gasteiger partial charge in [0.1, 0.15) is 0 Å². The molecule has 1 unspecified atom stereocenters. The topological polar surface area (TPSA) is 52.1 Å². The monoisotopic (exact) mass is 708 g/mol. The van der Waals surface area contributed by atoms with Crippen molar-refractivity contribution in [3.63, 3.8) is 0 Å². The van der Waals surface area contributed by atoms with Crippen molar-refractivity contribution in [1.82, 2.24) is 10.2 Å². The minimum atomic E-state index is -1.34. The van der Waals surface area contributed by atoms with Crippen LogP contribution in [0.2, 0.25) is 23.3 Å². The van der Waals surface area contributed by atoms with Crippen LogP contribution in [0.15, 0.2) is 42.5 Å². The number of nitrogens with zero attached hydrogens (tertiary/aromatic N) is 2. The summed E-state index contributed by atoms with van der Waals surface area (Å²) in [5, 5.41) is 11.1. The van der Waals surface area contributed by atoms with E-state index in [1.165, 1.54) is 34.1 Å². The van der Waals surface area contributed by atoms with Crippen molar-refractivity contribution >= 4 is 37.4 Å². The molecule has 264 valence electrons.